The molecule has 1 aromatic carbocycles. The first-order valence-corrected chi connectivity index (χ1v) is 7.35. The third-order valence-electron chi connectivity index (χ3n) is 4.45. The summed E-state index contributed by atoms with van der Waals surface area (Å²) < 4.78 is 5.41. The molecule has 0 radical (unpaired) electrons. The highest BCUT2D eigenvalue weighted by molar-refractivity contribution is 5.72. The first-order chi connectivity index (χ1) is 9.74. The van der Waals surface area contributed by atoms with Gasteiger partial charge in [-0.25, -0.2) is 0 Å². The van der Waals surface area contributed by atoms with E-state index < -0.39 is 0 Å². The highest BCUT2D eigenvalue weighted by Gasteiger charge is 2.43. The maximum absolute atomic E-state index is 11.8. The van der Waals surface area contributed by atoms with E-state index in [4.69, 9.17) is 4.74 Å². The molecule has 3 rings (SSSR count). The van der Waals surface area contributed by atoms with Crippen LogP contribution in [0.15, 0.2) is 30.3 Å². The quantitative estimate of drug-likeness (QED) is 0.840. The molecule has 4 nitrogen and oxygen atoms in total. The summed E-state index contributed by atoms with van der Waals surface area (Å²) in [4.78, 5) is 14.2. The van der Waals surface area contributed by atoms with Gasteiger partial charge in [0.05, 0.1) is 19.1 Å². The van der Waals surface area contributed by atoms with Gasteiger partial charge in [0.1, 0.15) is 0 Å². The summed E-state index contributed by atoms with van der Waals surface area (Å²) in [5.74, 6) is 0.106. The third kappa shape index (κ3) is 2.86. The molecule has 2 fully saturated rings. The number of ether oxygens (including phenoxy) is 1. The van der Waals surface area contributed by atoms with Crippen LogP contribution in [-0.2, 0) is 16.0 Å². The van der Waals surface area contributed by atoms with E-state index in [9.17, 15) is 9.90 Å². The van der Waals surface area contributed by atoms with Crippen molar-refractivity contribution in [2.24, 2.45) is 5.92 Å². The van der Waals surface area contributed by atoms with Crippen molar-refractivity contribution in [2.75, 3.05) is 19.7 Å². The molecule has 4 heteroatoms. The number of aliphatic hydroxyl groups is 1. The Morgan fingerprint density at radius 3 is 2.80 bits per heavy atom. The standard InChI is InChI=1S/C16H21NO3/c18-14-7-9-17-8-6-13(16(14)17)11-20-15(19)10-12-4-2-1-3-5-12/h1-5,13-14,16,18H,6-11H2/t13-,14-,16?/m1/s1. The lowest BCUT2D eigenvalue weighted by atomic mass is 9.97. The minimum absolute atomic E-state index is 0.179. The zero-order valence-electron chi connectivity index (χ0n) is 11.6. The number of aliphatic hydroxyl groups excluding tert-OH is 1. The molecule has 1 aromatic rings. The molecule has 108 valence electrons. The zero-order valence-corrected chi connectivity index (χ0v) is 11.6. The maximum atomic E-state index is 11.8. The van der Waals surface area contributed by atoms with Crippen LogP contribution in [0.2, 0.25) is 0 Å². The van der Waals surface area contributed by atoms with Crippen molar-refractivity contribution < 1.29 is 14.6 Å². The van der Waals surface area contributed by atoms with Crippen LogP contribution in [0.5, 0.6) is 0 Å². The van der Waals surface area contributed by atoms with E-state index in [0.717, 1.165) is 31.5 Å². The van der Waals surface area contributed by atoms with E-state index in [1.54, 1.807) is 0 Å². The zero-order chi connectivity index (χ0) is 13.9. The van der Waals surface area contributed by atoms with Crippen molar-refractivity contribution in [3.05, 3.63) is 35.9 Å². The fraction of sp³-hybridized carbons (Fsp3) is 0.562. The maximum Gasteiger partial charge on any atom is 0.310 e. The van der Waals surface area contributed by atoms with Crippen LogP contribution in [0, 0.1) is 5.92 Å². The number of rotatable bonds is 4. The number of carbonyl (C=O) groups is 1. The topological polar surface area (TPSA) is 49.8 Å². The van der Waals surface area contributed by atoms with E-state index in [2.05, 4.69) is 4.90 Å². The first kappa shape index (κ1) is 13.6. The van der Waals surface area contributed by atoms with Gasteiger partial charge in [-0.2, -0.15) is 0 Å². The number of nitrogens with zero attached hydrogens (tertiary/aromatic N) is 1. The fourth-order valence-corrected chi connectivity index (χ4v) is 3.43. The van der Waals surface area contributed by atoms with Gasteiger partial charge in [-0.3, -0.25) is 9.69 Å². The van der Waals surface area contributed by atoms with Gasteiger partial charge in [-0.05, 0) is 24.9 Å². The van der Waals surface area contributed by atoms with Gasteiger partial charge in [0.25, 0.3) is 0 Å². The fourth-order valence-electron chi connectivity index (χ4n) is 3.43. The molecule has 0 spiro atoms. The Labute approximate surface area is 119 Å². The number of fused-ring (bicyclic) bond motifs is 1. The summed E-state index contributed by atoms with van der Waals surface area (Å²) in [6.45, 7) is 2.42. The van der Waals surface area contributed by atoms with Crippen LogP contribution in [0.3, 0.4) is 0 Å². The van der Waals surface area contributed by atoms with Crippen LogP contribution >= 0.6 is 0 Å². The minimum Gasteiger partial charge on any atom is -0.465 e. The van der Waals surface area contributed by atoms with Crippen molar-refractivity contribution in [3.63, 3.8) is 0 Å². The molecule has 1 unspecified atom stereocenters. The van der Waals surface area contributed by atoms with Crippen molar-refractivity contribution >= 4 is 5.97 Å². The number of benzene rings is 1. The molecule has 0 saturated carbocycles. The summed E-state index contributed by atoms with van der Waals surface area (Å²) in [5, 5.41) is 9.99. The van der Waals surface area contributed by atoms with Gasteiger partial charge in [0.15, 0.2) is 0 Å². The molecule has 2 heterocycles. The number of hydrogen-bond donors (Lipinski definition) is 1. The van der Waals surface area contributed by atoms with Gasteiger partial charge in [0, 0.05) is 18.5 Å². The van der Waals surface area contributed by atoms with Crippen LogP contribution in [0.1, 0.15) is 18.4 Å². The monoisotopic (exact) mass is 275 g/mol. The smallest absolute Gasteiger partial charge is 0.310 e. The average Bonchev–Trinajstić information content (AvgIpc) is 3.02. The van der Waals surface area contributed by atoms with Gasteiger partial charge >= 0.3 is 5.97 Å². The summed E-state index contributed by atoms with van der Waals surface area (Å²) in [7, 11) is 0. The van der Waals surface area contributed by atoms with E-state index in [1.165, 1.54) is 0 Å². The molecule has 2 aliphatic heterocycles. The van der Waals surface area contributed by atoms with E-state index in [0.29, 0.717) is 13.0 Å². The molecule has 20 heavy (non-hydrogen) atoms. The van der Waals surface area contributed by atoms with Crippen LogP contribution < -0.4 is 0 Å². The Morgan fingerprint density at radius 1 is 1.25 bits per heavy atom. The molecule has 2 aliphatic rings. The molecule has 1 N–H and O–H groups in total. The highest BCUT2D eigenvalue weighted by atomic mass is 16.5. The molecule has 0 bridgehead atoms. The van der Waals surface area contributed by atoms with Gasteiger partial charge in [0.2, 0.25) is 0 Å². The Morgan fingerprint density at radius 2 is 2.00 bits per heavy atom. The average molecular weight is 275 g/mol. The summed E-state index contributed by atoms with van der Waals surface area (Å²) in [6.07, 6.45) is 1.93. The molecule has 2 saturated heterocycles. The second kappa shape index (κ2) is 5.94. The van der Waals surface area contributed by atoms with Crippen LogP contribution in [0.25, 0.3) is 0 Å². The molecular weight excluding hydrogens is 254 g/mol. The lowest BCUT2D eigenvalue weighted by Gasteiger charge is -2.22. The SMILES string of the molecule is O=C(Cc1ccccc1)OC[C@H]1CCN2CC[C@@H](O)C12. The summed E-state index contributed by atoms with van der Waals surface area (Å²) in [5.41, 5.74) is 0.978. The van der Waals surface area contributed by atoms with E-state index in [1.807, 2.05) is 30.3 Å². The predicted molar refractivity (Wildman–Crippen MR) is 75.2 cm³/mol. The normalized spacial score (nSPS) is 29.4. The second-order valence-corrected chi connectivity index (χ2v) is 5.78. The van der Waals surface area contributed by atoms with Gasteiger partial charge < -0.3 is 9.84 Å². The van der Waals surface area contributed by atoms with Crippen molar-refractivity contribution in [3.8, 4) is 0 Å². The van der Waals surface area contributed by atoms with Gasteiger partial charge in [-0.1, -0.05) is 30.3 Å². The highest BCUT2D eigenvalue weighted by Crippen LogP contribution is 2.33. The van der Waals surface area contributed by atoms with Gasteiger partial charge in [-0.15, -0.1) is 0 Å². The molecule has 0 amide bonds. The van der Waals surface area contributed by atoms with Crippen molar-refractivity contribution in [2.45, 2.75) is 31.4 Å². The Kier molecular flexibility index (Phi) is 4.03. The molecule has 3 atom stereocenters. The van der Waals surface area contributed by atoms with Crippen molar-refractivity contribution in [1.82, 2.24) is 4.90 Å². The second-order valence-electron chi connectivity index (χ2n) is 5.78. The van der Waals surface area contributed by atoms with Crippen LogP contribution in [-0.4, -0.2) is 47.8 Å². The Balaban J connectivity index is 1.49. The van der Waals surface area contributed by atoms with Crippen LogP contribution in [0.4, 0.5) is 0 Å². The largest absolute Gasteiger partial charge is 0.465 e. The summed E-state index contributed by atoms with van der Waals surface area (Å²) >= 11 is 0. The summed E-state index contributed by atoms with van der Waals surface area (Å²) in [6, 6.07) is 9.83. The lowest BCUT2D eigenvalue weighted by molar-refractivity contribution is -0.144. The van der Waals surface area contributed by atoms with E-state index >= 15 is 0 Å². The number of carbonyl (C=O) groups excluding carboxylic acids is 1. The first-order valence-electron chi connectivity index (χ1n) is 7.35. The molecule has 0 aliphatic carbocycles. The minimum atomic E-state index is -0.254. The predicted octanol–water partition coefficient (Wildman–Crippen LogP) is 1.23. The number of hydrogen-bond acceptors (Lipinski definition) is 4. The molecule has 0 aromatic heterocycles. The molecular formula is C16H21NO3. The lowest BCUT2D eigenvalue weighted by Crippen LogP contribution is -2.36. The Hall–Kier alpha value is -1.39. The van der Waals surface area contributed by atoms with E-state index in [-0.39, 0.29) is 24.0 Å². The third-order valence-corrected chi connectivity index (χ3v) is 4.45. The van der Waals surface area contributed by atoms with Crippen molar-refractivity contribution in [1.29, 1.82) is 0 Å². The Bertz CT molecular complexity index is 462. The number of esters is 1.